The molecule has 4 rings (SSSR count). The van der Waals surface area contributed by atoms with Gasteiger partial charge in [-0.2, -0.15) is 0 Å². The smallest absolute Gasteiger partial charge is 0.257 e. The zero-order chi connectivity index (χ0) is 16.6. The lowest BCUT2D eigenvalue weighted by molar-refractivity contribution is 0.0516. The number of hydrogen-bond acceptors (Lipinski definition) is 3. The Morgan fingerprint density at radius 2 is 1.83 bits per heavy atom. The van der Waals surface area contributed by atoms with Gasteiger partial charge in [-0.15, -0.1) is 0 Å². The van der Waals surface area contributed by atoms with Crippen LogP contribution < -0.4 is 0 Å². The second-order valence-electron chi connectivity index (χ2n) is 6.92. The minimum atomic E-state index is 0.0229. The number of furan rings is 1. The molecule has 2 aliphatic rings. The Hall–Kier alpha value is -2.50. The highest BCUT2D eigenvalue weighted by atomic mass is 16.3. The van der Waals surface area contributed by atoms with Crippen molar-refractivity contribution in [2.45, 2.75) is 19.3 Å². The second-order valence-corrected chi connectivity index (χ2v) is 6.92. The number of carbonyl (C=O) groups excluding carboxylic acids is 2. The Balaban J connectivity index is 1.46. The van der Waals surface area contributed by atoms with Crippen LogP contribution in [-0.2, 0) is 0 Å². The lowest BCUT2D eigenvalue weighted by atomic mass is 9.79. The quantitative estimate of drug-likeness (QED) is 0.920. The van der Waals surface area contributed by atoms with E-state index >= 15 is 0 Å². The van der Waals surface area contributed by atoms with Crippen LogP contribution in [0.1, 0.15) is 40.0 Å². The summed E-state index contributed by atoms with van der Waals surface area (Å²) in [6.45, 7) is 2.98. The van der Waals surface area contributed by atoms with E-state index in [4.69, 9.17) is 4.42 Å². The zero-order valence-corrected chi connectivity index (χ0v) is 13.5. The van der Waals surface area contributed by atoms with Crippen LogP contribution in [0.5, 0.6) is 0 Å². The van der Waals surface area contributed by atoms with E-state index < -0.39 is 0 Å². The largest absolute Gasteiger partial charge is 0.472 e. The number of aromatic amines is 1. The van der Waals surface area contributed by atoms with E-state index in [0.717, 1.165) is 38.9 Å². The van der Waals surface area contributed by atoms with Gasteiger partial charge in [-0.05, 0) is 31.4 Å². The fraction of sp³-hybridized carbons (Fsp3) is 0.444. The van der Waals surface area contributed by atoms with Crippen molar-refractivity contribution in [1.82, 2.24) is 14.8 Å². The Kier molecular flexibility index (Phi) is 3.67. The molecule has 1 spiro atoms. The summed E-state index contributed by atoms with van der Waals surface area (Å²) in [5, 5.41) is 0. The fourth-order valence-corrected chi connectivity index (χ4v) is 4.03. The van der Waals surface area contributed by atoms with Gasteiger partial charge < -0.3 is 19.2 Å². The molecule has 6 heteroatoms. The van der Waals surface area contributed by atoms with Crippen LogP contribution in [-0.4, -0.2) is 52.8 Å². The molecule has 2 aromatic rings. The standard InChI is InChI=1S/C18H21N3O3/c22-16(14-2-6-19-10-14)20-7-1-4-18(12-20)5-8-21(13-18)17(23)15-3-9-24-11-15/h2-3,6,9-11,19H,1,4-5,7-8,12-13H2. The summed E-state index contributed by atoms with van der Waals surface area (Å²) in [5.41, 5.74) is 1.34. The first-order chi connectivity index (χ1) is 11.7. The van der Waals surface area contributed by atoms with Crippen LogP contribution >= 0.6 is 0 Å². The molecule has 2 aromatic heterocycles. The van der Waals surface area contributed by atoms with Gasteiger partial charge in [0.05, 0.1) is 17.4 Å². The fourth-order valence-electron chi connectivity index (χ4n) is 4.03. The number of amides is 2. The Labute approximate surface area is 140 Å². The predicted octanol–water partition coefficient (Wildman–Crippen LogP) is 2.38. The van der Waals surface area contributed by atoms with Gasteiger partial charge in [0.1, 0.15) is 6.26 Å². The van der Waals surface area contributed by atoms with Gasteiger partial charge in [-0.3, -0.25) is 9.59 Å². The molecule has 1 atom stereocenters. The van der Waals surface area contributed by atoms with Crippen LogP contribution in [0.25, 0.3) is 0 Å². The third-order valence-corrected chi connectivity index (χ3v) is 5.29. The van der Waals surface area contributed by atoms with E-state index in [1.807, 2.05) is 15.9 Å². The van der Waals surface area contributed by atoms with Crippen LogP contribution in [0.4, 0.5) is 0 Å². The lowest BCUT2D eigenvalue weighted by Crippen LogP contribution is -2.47. The first-order valence-electron chi connectivity index (χ1n) is 8.40. The summed E-state index contributed by atoms with van der Waals surface area (Å²) < 4.78 is 5.02. The number of aromatic nitrogens is 1. The zero-order valence-electron chi connectivity index (χ0n) is 13.5. The molecule has 2 fully saturated rings. The Bertz CT molecular complexity index is 723. The van der Waals surface area contributed by atoms with Gasteiger partial charge in [-0.1, -0.05) is 0 Å². The summed E-state index contributed by atoms with van der Waals surface area (Å²) in [7, 11) is 0. The third-order valence-electron chi connectivity index (χ3n) is 5.29. The average Bonchev–Trinajstić information content (AvgIpc) is 3.35. The molecular weight excluding hydrogens is 306 g/mol. The minimum Gasteiger partial charge on any atom is -0.472 e. The first-order valence-corrected chi connectivity index (χ1v) is 8.40. The van der Waals surface area contributed by atoms with Gasteiger partial charge >= 0.3 is 0 Å². The van der Waals surface area contributed by atoms with E-state index in [1.54, 1.807) is 18.5 Å². The molecule has 2 saturated heterocycles. The summed E-state index contributed by atoms with van der Waals surface area (Å²) in [6, 6.07) is 3.52. The van der Waals surface area contributed by atoms with Crippen LogP contribution in [0, 0.1) is 5.41 Å². The van der Waals surface area contributed by atoms with Crippen molar-refractivity contribution in [3.63, 3.8) is 0 Å². The maximum absolute atomic E-state index is 12.6. The highest BCUT2D eigenvalue weighted by molar-refractivity contribution is 5.95. The van der Waals surface area contributed by atoms with Crippen LogP contribution in [0.15, 0.2) is 41.5 Å². The summed E-state index contributed by atoms with van der Waals surface area (Å²) in [6.07, 6.45) is 9.55. The van der Waals surface area contributed by atoms with Crippen molar-refractivity contribution < 1.29 is 14.0 Å². The predicted molar refractivity (Wildman–Crippen MR) is 87.6 cm³/mol. The van der Waals surface area contributed by atoms with Crippen molar-refractivity contribution in [2.24, 2.45) is 5.41 Å². The Morgan fingerprint density at radius 1 is 1.04 bits per heavy atom. The molecule has 0 radical (unpaired) electrons. The maximum atomic E-state index is 12.6. The third kappa shape index (κ3) is 2.62. The van der Waals surface area contributed by atoms with Crippen molar-refractivity contribution >= 4 is 11.8 Å². The lowest BCUT2D eigenvalue weighted by Gasteiger charge is -2.40. The molecule has 1 unspecified atom stereocenters. The highest BCUT2D eigenvalue weighted by Gasteiger charge is 2.44. The number of nitrogens with zero attached hydrogens (tertiary/aromatic N) is 2. The van der Waals surface area contributed by atoms with Crippen molar-refractivity contribution in [3.05, 3.63) is 48.2 Å². The molecular formula is C18H21N3O3. The van der Waals surface area contributed by atoms with Gasteiger partial charge in [0, 0.05) is 44.0 Å². The summed E-state index contributed by atoms with van der Waals surface area (Å²) in [4.78, 5) is 31.9. The Morgan fingerprint density at radius 3 is 2.54 bits per heavy atom. The number of hydrogen-bond donors (Lipinski definition) is 1. The van der Waals surface area contributed by atoms with Crippen LogP contribution in [0.2, 0.25) is 0 Å². The van der Waals surface area contributed by atoms with E-state index in [1.165, 1.54) is 12.5 Å². The van der Waals surface area contributed by atoms with Crippen LogP contribution in [0.3, 0.4) is 0 Å². The van der Waals surface area contributed by atoms with Gasteiger partial charge in [0.2, 0.25) is 0 Å². The molecule has 0 aliphatic carbocycles. The van der Waals surface area contributed by atoms with Crippen molar-refractivity contribution in [1.29, 1.82) is 0 Å². The SMILES string of the molecule is O=C(c1cc[nH]c1)N1CCCC2(CCN(C(=O)c3ccoc3)C2)C1. The highest BCUT2D eigenvalue weighted by Crippen LogP contribution is 2.39. The summed E-state index contributed by atoms with van der Waals surface area (Å²) in [5.74, 6) is 0.102. The molecule has 2 amide bonds. The van der Waals surface area contributed by atoms with E-state index in [-0.39, 0.29) is 17.2 Å². The number of piperidine rings is 1. The second kappa shape index (κ2) is 5.85. The normalized spacial score (nSPS) is 23.8. The molecule has 0 bridgehead atoms. The molecule has 6 nitrogen and oxygen atoms in total. The number of carbonyl (C=O) groups is 2. The van der Waals surface area contributed by atoms with E-state index in [9.17, 15) is 9.59 Å². The molecule has 4 heterocycles. The number of nitrogens with one attached hydrogen (secondary N) is 1. The minimum absolute atomic E-state index is 0.0229. The maximum Gasteiger partial charge on any atom is 0.257 e. The molecule has 0 saturated carbocycles. The number of rotatable bonds is 2. The van der Waals surface area contributed by atoms with E-state index in [2.05, 4.69) is 4.98 Å². The molecule has 0 aromatic carbocycles. The molecule has 24 heavy (non-hydrogen) atoms. The van der Waals surface area contributed by atoms with Gasteiger partial charge in [0.15, 0.2) is 0 Å². The topological polar surface area (TPSA) is 69.6 Å². The van der Waals surface area contributed by atoms with Crippen molar-refractivity contribution in [2.75, 3.05) is 26.2 Å². The summed E-state index contributed by atoms with van der Waals surface area (Å²) >= 11 is 0. The first kappa shape index (κ1) is 15.1. The average molecular weight is 327 g/mol. The molecule has 1 N–H and O–H groups in total. The monoisotopic (exact) mass is 327 g/mol. The van der Waals surface area contributed by atoms with Gasteiger partial charge in [-0.25, -0.2) is 0 Å². The number of H-pyrrole nitrogens is 1. The van der Waals surface area contributed by atoms with Gasteiger partial charge in [0.25, 0.3) is 11.8 Å². The number of likely N-dealkylation sites (tertiary alicyclic amines) is 2. The van der Waals surface area contributed by atoms with Crippen molar-refractivity contribution in [3.8, 4) is 0 Å². The molecule has 126 valence electrons. The molecule has 2 aliphatic heterocycles. The van der Waals surface area contributed by atoms with E-state index in [0.29, 0.717) is 17.7 Å².